The summed E-state index contributed by atoms with van der Waals surface area (Å²) in [6.45, 7) is 0.607. The molecule has 0 atom stereocenters. The minimum atomic E-state index is -0.242. The Hall–Kier alpha value is -3.54. The Kier molecular flexibility index (Phi) is 6.11. The quantitative estimate of drug-likeness (QED) is 0.652. The topological polar surface area (TPSA) is 66.5 Å². The van der Waals surface area contributed by atoms with Gasteiger partial charge >= 0.3 is 0 Å². The van der Waals surface area contributed by atoms with Crippen LogP contribution in [0.15, 0.2) is 66.9 Å². The first-order valence-electron chi connectivity index (χ1n) is 8.97. The second-order valence-electron chi connectivity index (χ2n) is 6.49. The van der Waals surface area contributed by atoms with E-state index in [1.54, 1.807) is 19.4 Å². The van der Waals surface area contributed by atoms with Crippen molar-refractivity contribution in [2.24, 2.45) is 0 Å². The molecule has 0 saturated heterocycles. The van der Waals surface area contributed by atoms with Crippen LogP contribution < -0.4 is 20.3 Å². The SMILES string of the molecule is COc1ccccc1CNc1ccc(C(=O)Nc2ccc(N(C)C)cc2)nc1. The number of pyridine rings is 1. The van der Waals surface area contributed by atoms with Crippen LogP contribution >= 0.6 is 0 Å². The molecule has 0 spiro atoms. The van der Waals surface area contributed by atoms with E-state index in [-0.39, 0.29) is 5.91 Å². The van der Waals surface area contributed by atoms with E-state index >= 15 is 0 Å². The summed E-state index contributed by atoms with van der Waals surface area (Å²) < 4.78 is 5.35. The number of benzene rings is 2. The Morgan fingerprint density at radius 3 is 2.36 bits per heavy atom. The number of para-hydroxylation sites is 1. The molecule has 144 valence electrons. The predicted octanol–water partition coefficient (Wildman–Crippen LogP) is 4.02. The van der Waals surface area contributed by atoms with Crippen LogP contribution in [0.4, 0.5) is 17.1 Å². The summed E-state index contributed by atoms with van der Waals surface area (Å²) in [5.74, 6) is 0.591. The maximum absolute atomic E-state index is 12.4. The molecule has 0 bridgehead atoms. The van der Waals surface area contributed by atoms with Crippen LogP contribution in [0.2, 0.25) is 0 Å². The van der Waals surface area contributed by atoms with Crippen LogP contribution in [0, 0.1) is 0 Å². The Bertz CT molecular complexity index is 922. The number of amides is 1. The van der Waals surface area contributed by atoms with E-state index in [4.69, 9.17) is 4.74 Å². The van der Waals surface area contributed by atoms with Gasteiger partial charge in [-0.05, 0) is 42.5 Å². The second kappa shape index (κ2) is 8.90. The number of rotatable bonds is 7. The lowest BCUT2D eigenvalue weighted by Crippen LogP contribution is -2.14. The molecule has 0 unspecified atom stereocenters. The molecule has 0 radical (unpaired) electrons. The molecule has 0 aliphatic carbocycles. The van der Waals surface area contributed by atoms with Crippen LogP contribution in [0.25, 0.3) is 0 Å². The molecule has 0 aliphatic heterocycles. The maximum Gasteiger partial charge on any atom is 0.274 e. The van der Waals surface area contributed by atoms with Gasteiger partial charge in [-0.15, -0.1) is 0 Å². The average molecular weight is 376 g/mol. The van der Waals surface area contributed by atoms with Gasteiger partial charge in [-0.2, -0.15) is 0 Å². The number of hydrogen-bond acceptors (Lipinski definition) is 5. The summed E-state index contributed by atoms with van der Waals surface area (Å²) in [6.07, 6.45) is 1.65. The third-order valence-electron chi connectivity index (χ3n) is 4.31. The summed E-state index contributed by atoms with van der Waals surface area (Å²) in [7, 11) is 5.60. The number of aromatic nitrogens is 1. The molecule has 2 aromatic carbocycles. The van der Waals surface area contributed by atoms with Crippen molar-refractivity contribution in [1.82, 2.24) is 4.98 Å². The fraction of sp³-hybridized carbons (Fsp3) is 0.182. The number of anilines is 3. The molecule has 0 aliphatic rings. The molecule has 3 aromatic rings. The summed E-state index contributed by atoms with van der Waals surface area (Å²) in [6, 6.07) is 19.0. The molecule has 1 heterocycles. The highest BCUT2D eigenvalue weighted by Crippen LogP contribution is 2.19. The highest BCUT2D eigenvalue weighted by Gasteiger charge is 2.08. The van der Waals surface area contributed by atoms with Gasteiger partial charge in [0.1, 0.15) is 11.4 Å². The second-order valence-corrected chi connectivity index (χ2v) is 6.49. The van der Waals surface area contributed by atoms with Crippen molar-refractivity contribution in [3.63, 3.8) is 0 Å². The smallest absolute Gasteiger partial charge is 0.274 e. The van der Waals surface area contributed by atoms with Crippen molar-refractivity contribution in [1.29, 1.82) is 0 Å². The third kappa shape index (κ3) is 4.79. The van der Waals surface area contributed by atoms with Gasteiger partial charge in [-0.3, -0.25) is 4.79 Å². The van der Waals surface area contributed by atoms with Crippen molar-refractivity contribution in [2.75, 3.05) is 36.7 Å². The van der Waals surface area contributed by atoms with Gasteiger partial charge in [0.25, 0.3) is 5.91 Å². The van der Waals surface area contributed by atoms with E-state index in [1.807, 2.05) is 73.6 Å². The van der Waals surface area contributed by atoms with Crippen molar-refractivity contribution >= 4 is 23.0 Å². The van der Waals surface area contributed by atoms with E-state index in [0.29, 0.717) is 12.2 Å². The minimum Gasteiger partial charge on any atom is -0.496 e. The van der Waals surface area contributed by atoms with Crippen LogP contribution in [0.3, 0.4) is 0 Å². The van der Waals surface area contributed by atoms with E-state index in [0.717, 1.165) is 28.4 Å². The van der Waals surface area contributed by atoms with E-state index < -0.39 is 0 Å². The zero-order valence-electron chi connectivity index (χ0n) is 16.3. The summed E-state index contributed by atoms with van der Waals surface area (Å²) in [4.78, 5) is 18.7. The van der Waals surface area contributed by atoms with Gasteiger partial charge in [0.2, 0.25) is 0 Å². The average Bonchev–Trinajstić information content (AvgIpc) is 2.73. The van der Waals surface area contributed by atoms with Crippen LogP contribution in [0.5, 0.6) is 5.75 Å². The number of ether oxygens (including phenoxy) is 1. The predicted molar refractivity (Wildman–Crippen MR) is 113 cm³/mol. The fourth-order valence-electron chi connectivity index (χ4n) is 2.72. The Balaban J connectivity index is 1.59. The first-order chi connectivity index (χ1) is 13.6. The van der Waals surface area contributed by atoms with E-state index in [2.05, 4.69) is 15.6 Å². The Morgan fingerprint density at radius 1 is 1.00 bits per heavy atom. The normalized spacial score (nSPS) is 10.2. The third-order valence-corrected chi connectivity index (χ3v) is 4.31. The number of nitrogens with zero attached hydrogens (tertiary/aromatic N) is 2. The lowest BCUT2D eigenvalue weighted by atomic mass is 10.2. The Labute approximate surface area is 165 Å². The maximum atomic E-state index is 12.4. The van der Waals surface area contributed by atoms with Crippen LogP contribution in [-0.2, 0) is 6.54 Å². The molecule has 1 aromatic heterocycles. The standard InChI is InChI=1S/C22H24N4O2/c1-26(2)19-11-8-17(9-12-19)25-22(27)20-13-10-18(15-24-20)23-14-16-6-4-5-7-21(16)28-3/h4-13,15,23H,14H2,1-3H3,(H,25,27). The number of hydrogen-bond donors (Lipinski definition) is 2. The number of methoxy groups -OCH3 is 1. The van der Waals surface area contributed by atoms with E-state index in [1.165, 1.54) is 0 Å². The molecule has 6 nitrogen and oxygen atoms in total. The number of carbonyl (C=O) groups is 1. The minimum absolute atomic E-state index is 0.242. The van der Waals surface area contributed by atoms with Gasteiger partial charge in [-0.25, -0.2) is 4.98 Å². The highest BCUT2D eigenvalue weighted by molar-refractivity contribution is 6.03. The van der Waals surface area contributed by atoms with Crippen molar-refractivity contribution in [3.05, 3.63) is 78.1 Å². The molecule has 1 amide bonds. The van der Waals surface area contributed by atoms with Crippen molar-refractivity contribution in [2.45, 2.75) is 6.54 Å². The van der Waals surface area contributed by atoms with Gasteiger partial charge in [0.05, 0.1) is 19.0 Å². The number of carbonyl (C=O) groups excluding carboxylic acids is 1. The molecule has 2 N–H and O–H groups in total. The fourth-order valence-corrected chi connectivity index (χ4v) is 2.72. The van der Waals surface area contributed by atoms with Gasteiger partial charge in [-0.1, -0.05) is 18.2 Å². The zero-order valence-corrected chi connectivity index (χ0v) is 16.3. The van der Waals surface area contributed by atoms with Gasteiger partial charge in [0, 0.05) is 37.6 Å². The molecule has 6 heteroatoms. The largest absolute Gasteiger partial charge is 0.496 e. The molecule has 3 rings (SSSR count). The van der Waals surface area contributed by atoms with Crippen LogP contribution in [-0.4, -0.2) is 32.1 Å². The Morgan fingerprint density at radius 2 is 1.71 bits per heavy atom. The van der Waals surface area contributed by atoms with Crippen LogP contribution in [0.1, 0.15) is 16.1 Å². The molecule has 28 heavy (non-hydrogen) atoms. The molecule has 0 fully saturated rings. The van der Waals surface area contributed by atoms with Gasteiger partial charge in [0.15, 0.2) is 0 Å². The lowest BCUT2D eigenvalue weighted by molar-refractivity contribution is 0.102. The van der Waals surface area contributed by atoms with E-state index in [9.17, 15) is 4.79 Å². The summed E-state index contributed by atoms with van der Waals surface area (Å²) in [5, 5.41) is 6.15. The first kappa shape index (κ1) is 19.2. The molecular weight excluding hydrogens is 352 g/mol. The molecule has 0 saturated carbocycles. The number of nitrogens with one attached hydrogen (secondary N) is 2. The monoisotopic (exact) mass is 376 g/mol. The zero-order chi connectivity index (χ0) is 19.9. The van der Waals surface area contributed by atoms with Crippen molar-refractivity contribution in [3.8, 4) is 5.75 Å². The lowest BCUT2D eigenvalue weighted by Gasteiger charge is -2.13. The van der Waals surface area contributed by atoms with Gasteiger partial charge < -0.3 is 20.3 Å². The highest BCUT2D eigenvalue weighted by atomic mass is 16.5. The van der Waals surface area contributed by atoms with Crippen molar-refractivity contribution < 1.29 is 9.53 Å². The molecular formula is C22H24N4O2. The summed E-state index contributed by atoms with van der Waals surface area (Å²) in [5.41, 5.74) is 4.04. The first-order valence-corrected chi connectivity index (χ1v) is 8.97. The summed E-state index contributed by atoms with van der Waals surface area (Å²) >= 11 is 0.